The van der Waals surface area contributed by atoms with E-state index in [4.69, 9.17) is 16.3 Å². The van der Waals surface area contributed by atoms with Gasteiger partial charge in [0.05, 0.1) is 7.11 Å². The highest BCUT2D eigenvalue weighted by Gasteiger charge is 2.24. The van der Waals surface area contributed by atoms with Crippen molar-refractivity contribution < 1.29 is 9.13 Å². The molecule has 2 atom stereocenters. The summed E-state index contributed by atoms with van der Waals surface area (Å²) in [7, 11) is 1.49. The summed E-state index contributed by atoms with van der Waals surface area (Å²) in [5.74, 6) is 0.630. The molecule has 1 aliphatic rings. The summed E-state index contributed by atoms with van der Waals surface area (Å²) in [6.45, 7) is 0. The van der Waals surface area contributed by atoms with Crippen LogP contribution in [0.15, 0.2) is 18.2 Å². The highest BCUT2D eigenvalue weighted by atomic mass is 35.5. The van der Waals surface area contributed by atoms with Gasteiger partial charge in [0.2, 0.25) is 0 Å². The Balaban J connectivity index is 2.09. The SMILES string of the molecule is COc1cccc(CC2CCC(Cl)C2)c1F. The molecule has 0 heterocycles. The molecule has 2 rings (SSSR count). The first-order chi connectivity index (χ1) is 7.70. The van der Waals surface area contributed by atoms with E-state index in [1.54, 1.807) is 6.07 Å². The first kappa shape index (κ1) is 11.7. The number of hydrogen-bond acceptors (Lipinski definition) is 1. The maximum atomic E-state index is 13.9. The van der Waals surface area contributed by atoms with Crippen LogP contribution in [0.25, 0.3) is 0 Å². The Hall–Kier alpha value is -0.760. The summed E-state index contributed by atoms with van der Waals surface area (Å²) in [4.78, 5) is 0. The largest absolute Gasteiger partial charge is 0.494 e. The molecule has 88 valence electrons. The van der Waals surface area contributed by atoms with Crippen LogP contribution in [0.2, 0.25) is 0 Å². The van der Waals surface area contributed by atoms with Gasteiger partial charge in [0.25, 0.3) is 0 Å². The average molecular weight is 243 g/mol. The van der Waals surface area contributed by atoms with E-state index in [0.717, 1.165) is 31.2 Å². The zero-order valence-electron chi connectivity index (χ0n) is 9.38. The molecule has 1 aliphatic carbocycles. The van der Waals surface area contributed by atoms with Crippen molar-refractivity contribution in [2.24, 2.45) is 5.92 Å². The Morgan fingerprint density at radius 2 is 2.25 bits per heavy atom. The van der Waals surface area contributed by atoms with E-state index < -0.39 is 0 Å². The van der Waals surface area contributed by atoms with Crippen LogP contribution in [-0.4, -0.2) is 12.5 Å². The van der Waals surface area contributed by atoms with Gasteiger partial charge in [0.1, 0.15) is 0 Å². The smallest absolute Gasteiger partial charge is 0.168 e. The molecule has 0 amide bonds. The molecule has 2 unspecified atom stereocenters. The lowest BCUT2D eigenvalue weighted by Gasteiger charge is -2.11. The first-order valence-corrected chi connectivity index (χ1v) is 6.09. The molecule has 0 radical (unpaired) electrons. The molecule has 16 heavy (non-hydrogen) atoms. The Morgan fingerprint density at radius 1 is 1.44 bits per heavy atom. The summed E-state index contributed by atoms with van der Waals surface area (Å²) in [5.41, 5.74) is 0.745. The quantitative estimate of drug-likeness (QED) is 0.733. The van der Waals surface area contributed by atoms with Crippen molar-refractivity contribution in [3.63, 3.8) is 0 Å². The normalized spacial score (nSPS) is 24.7. The molecule has 0 N–H and O–H groups in total. The number of halogens is 2. The van der Waals surface area contributed by atoms with Crippen molar-refractivity contribution in [1.82, 2.24) is 0 Å². The van der Waals surface area contributed by atoms with Crippen LogP contribution in [-0.2, 0) is 6.42 Å². The number of rotatable bonds is 3. The third-order valence-electron chi connectivity index (χ3n) is 3.25. The van der Waals surface area contributed by atoms with Crippen molar-refractivity contribution >= 4 is 11.6 Å². The van der Waals surface area contributed by atoms with Crippen molar-refractivity contribution in [3.05, 3.63) is 29.6 Å². The molecule has 1 aromatic rings. The molecule has 1 fully saturated rings. The van der Waals surface area contributed by atoms with Gasteiger partial charge < -0.3 is 4.74 Å². The number of ether oxygens (including phenoxy) is 1. The molecule has 1 aromatic carbocycles. The van der Waals surface area contributed by atoms with Crippen LogP contribution >= 0.6 is 11.6 Å². The van der Waals surface area contributed by atoms with Crippen molar-refractivity contribution in [3.8, 4) is 5.75 Å². The standard InChI is InChI=1S/C13H16ClFO/c1-16-12-4-2-3-10(13(12)15)7-9-5-6-11(14)8-9/h2-4,9,11H,5-8H2,1H3. The Labute approximate surface area is 101 Å². The zero-order chi connectivity index (χ0) is 11.5. The molecule has 0 bridgehead atoms. The molecule has 1 saturated carbocycles. The lowest BCUT2D eigenvalue weighted by Crippen LogP contribution is -2.03. The fourth-order valence-electron chi connectivity index (χ4n) is 2.38. The fourth-order valence-corrected chi connectivity index (χ4v) is 2.76. The van der Waals surface area contributed by atoms with E-state index in [9.17, 15) is 4.39 Å². The molecule has 0 saturated heterocycles. The molecule has 0 spiro atoms. The third-order valence-corrected chi connectivity index (χ3v) is 3.65. The van der Waals surface area contributed by atoms with Crippen LogP contribution in [0.4, 0.5) is 4.39 Å². The van der Waals surface area contributed by atoms with Gasteiger partial charge >= 0.3 is 0 Å². The second-order valence-electron chi connectivity index (χ2n) is 4.41. The number of benzene rings is 1. The monoisotopic (exact) mass is 242 g/mol. The van der Waals surface area contributed by atoms with Crippen LogP contribution in [0.5, 0.6) is 5.75 Å². The van der Waals surface area contributed by atoms with E-state index in [2.05, 4.69) is 0 Å². The zero-order valence-corrected chi connectivity index (χ0v) is 10.1. The summed E-state index contributed by atoms with van der Waals surface area (Å²) in [6, 6.07) is 5.32. The minimum atomic E-state index is -0.219. The molecule has 3 heteroatoms. The predicted molar refractivity (Wildman–Crippen MR) is 63.6 cm³/mol. The highest BCUT2D eigenvalue weighted by molar-refractivity contribution is 6.20. The minimum absolute atomic E-state index is 0.219. The summed E-state index contributed by atoms with van der Waals surface area (Å²) >= 11 is 6.05. The van der Waals surface area contributed by atoms with Crippen LogP contribution in [0.1, 0.15) is 24.8 Å². The molecule has 0 aliphatic heterocycles. The predicted octanol–water partition coefficient (Wildman–Crippen LogP) is 3.78. The van der Waals surface area contributed by atoms with E-state index in [0.29, 0.717) is 11.7 Å². The second kappa shape index (κ2) is 5.05. The highest BCUT2D eigenvalue weighted by Crippen LogP contribution is 2.33. The number of hydrogen-bond donors (Lipinski definition) is 0. The maximum Gasteiger partial charge on any atom is 0.168 e. The Morgan fingerprint density at radius 3 is 2.88 bits per heavy atom. The van der Waals surface area contributed by atoms with E-state index in [1.165, 1.54) is 7.11 Å². The molecular formula is C13H16ClFO. The molecule has 1 nitrogen and oxygen atoms in total. The van der Waals surface area contributed by atoms with Gasteiger partial charge in [-0.2, -0.15) is 0 Å². The summed E-state index contributed by atoms with van der Waals surface area (Å²) < 4.78 is 18.8. The van der Waals surface area contributed by atoms with Crippen LogP contribution in [0, 0.1) is 11.7 Å². The summed E-state index contributed by atoms with van der Waals surface area (Å²) in [5, 5.41) is 0.277. The molecular weight excluding hydrogens is 227 g/mol. The van der Waals surface area contributed by atoms with Gasteiger partial charge in [-0.3, -0.25) is 0 Å². The van der Waals surface area contributed by atoms with Gasteiger partial charge in [-0.1, -0.05) is 12.1 Å². The van der Waals surface area contributed by atoms with Crippen LogP contribution in [0.3, 0.4) is 0 Å². The van der Waals surface area contributed by atoms with Gasteiger partial charge in [0.15, 0.2) is 11.6 Å². The topological polar surface area (TPSA) is 9.23 Å². The summed E-state index contributed by atoms with van der Waals surface area (Å²) in [6.07, 6.45) is 3.92. The Bertz CT molecular complexity index is 367. The van der Waals surface area contributed by atoms with Crippen molar-refractivity contribution in [1.29, 1.82) is 0 Å². The number of methoxy groups -OCH3 is 1. The van der Waals surface area contributed by atoms with Crippen LogP contribution < -0.4 is 4.74 Å². The fraction of sp³-hybridized carbons (Fsp3) is 0.538. The van der Waals surface area contributed by atoms with Gasteiger partial charge in [0, 0.05) is 5.38 Å². The Kier molecular flexibility index (Phi) is 3.70. The minimum Gasteiger partial charge on any atom is -0.494 e. The lowest BCUT2D eigenvalue weighted by molar-refractivity contribution is 0.382. The van der Waals surface area contributed by atoms with E-state index in [-0.39, 0.29) is 11.2 Å². The second-order valence-corrected chi connectivity index (χ2v) is 5.03. The van der Waals surface area contributed by atoms with Crippen molar-refractivity contribution in [2.75, 3.05) is 7.11 Å². The maximum absolute atomic E-state index is 13.9. The van der Waals surface area contributed by atoms with E-state index >= 15 is 0 Å². The average Bonchev–Trinajstić information content (AvgIpc) is 2.67. The van der Waals surface area contributed by atoms with Crippen molar-refractivity contribution in [2.45, 2.75) is 31.1 Å². The lowest BCUT2D eigenvalue weighted by atomic mass is 9.97. The van der Waals surface area contributed by atoms with Gasteiger partial charge in [-0.15, -0.1) is 11.6 Å². The van der Waals surface area contributed by atoms with E-state index in [1.807, 2.05) is 12.1 Å². The molecule has 0 aromatic heterocycles. The van der Waals surface area contributed by atoms with Gasteiger partial charge in [-0.25, -0.2) is 4.39 Å². The van der Waals surface area contributed by atoms with Gasteiger partial charge in [-0.05, 0) is 43.2 Å². The number of alkyl halides is 1. The first-order valence-electron chi connectivity index (χ1n) is 5.66. The third kappa shape index (κ3) is 2.49.